The monoisotopic (exact) mass is 179 g/mol. The quantitative estimate of drug-likeness (QED) is 0.333. The zero-order valence-corrected chi connectivity index (χ0v) is 7.73. The molecule has 4 N–H and O–H groups in total. The molecule has 5 heteroatoms. The molecule has 0 saturated carbocycles. The Kier molecular flexibility index (Phi) is 3.85. The number of nitrogens with two attached hydrogens (primary N) is 1. The van der Waals surface area contributed by atoms with E-state index in [0.717, 1.165) is 0 Å². The van der Waals surface area contributed by atoms with Crippen molar-refractivity contribution in [1.29, 1.82) is 0 Å². The SMILES string of the molecule is Nc1ccc(O)c(C(=O)O)c1.[H-].[H-].[Mg+2]. The predicted octanol–water partition coefficient (Wildman–Crippen LogP) is 0.517. The van der Waals surface area contributed by atoms with Crippen LogP contribution in [0.1, 0.15) is 13.2 Å². The zero-order valence-electron chi connectivity index (χ0n) is 8.32. The first-order chi connectivity index (χ1) is 5.11. The maximum Gasteiger partial charge on any atom is 2.00 e. The smallest absolute Gasteiger partial charge is 1.00 e. The van der Waals surface area contributed by atoms with Crippen molar-refractivity contribution >= 4 is 34.7 Å². The van der Waals surface area contributed by atoms with E-state index in [9.17, 15) is 4.79 Å². The van der Waals surface area contributed by atoms with E-state index in [1.165, 1.54) is 18.2 Å². The van der Waals surface area contributed by atoms with Crippen molar-refractivity contribution in [3.8, 4) is 5.75 Å². The first-order valence-electron chi connectivity index (χ1n) is 2.93. The second-order valence-corrected chi connectivity index (χ2v) is 2.08. The van der Waals surface area contributed by atoms with Crippen molar-refractivity contribution in [3.63, 3.8) is 0 Å². The van der Waals surface area contributed by atoms with Gasteiger partial charge < -0.3 is 18.8 Å². The molecule has 0 radical (unpaired) electrons. The van der Waals surface area contributed by atoms with Crippen molar-refractivity contribution in [2.45, 2.75) is 0 Å². The van der Waals surface area contributed by atoms with Crippen LogP contribution in [0.25, 0.3) is 0 Å². The summed E-state index contributed by atoms with van der Waals surface area (Å²) in [4.78, 5) is 10.4. The molecule has 1 aromatic carbocycles. The van der Waals surface area contributed by atoms with Gasteiger partial charge in [0.1, 0.15) is 11.3 Å². The summed E-state index contributed by atoms with van der Waals surface area (Å²) in [5.74, 6) is -1.46. The molecule has 0 spiro atoms. The summed E-state index contributed by atoms with van der Waals surface area (Å²) >= 11 is 0. The minimum absolute atomic E-state index is 0. The minimum atomic E-state index is -1.19. The van der Waals surface area contributed by atoms with Crippen LogP contribution < -0.4 is 5.73 Å². The normalized spacial score (nSPS) is 8.67. The number of carbonyl (C=O) groups is 1. The molecule has 0 unspecified atom stereocenters. The Morgan fingerprint density at radius 2 is 2.08 bits per heavy atom. The number of nitrogen functional groups attached to an aromatic ring is 1. The molecule has 0 aromatic heterocycles. The molecule has 4 nitrogen and oxygen atoms in total. The maximum atomic E-state index is 10.4. The molecule has 0 fully saturated rings. The number of carboxylic acids is 1. The Balaban J connectivity index is -0.000000403. The van der Waals surface area contributed by atoms with Gasteiger partial charge in [0.15, 0.2) is 0 Å². The van der Waals surface area contributed by atoms with Gasteiger partial charge in [0.2, 0.25) is 0 Å². The summed E-state index contributed by atoms with van der Waals surface area (Å²) in [5, 5.41) is 17.4. The summed E-state index contributed by atoms with van der Waals surface area (Å²) in [7, 11) is 0. The van der Waals surface area contributed by atoms with Gasteiger partial charge >= 0.3 is 29.0 Å². The largest absolute Gasteiger partial charge is 2.00 e. The number of anilines is 1. The molecule has 0 aliphatic heterocycles. The standard InChI is InChI=1S/C7H7NO3.Mg.2H/c8-4-1-2-6(9)5(3-4)7(10)11;;;/h1-3,9H,8H2,(H,10,11);;;/q;+2;2*-1. The number of hydrogen-bond acceptors (Lipinski definition) is 3. The average Bonchev–Trinajstić information content (AvgIpc) is 1.94. The summed E-state index contributed by atoms with van der Waals surface area (Å²) in [6.07, 6.45) is 0. The van der Waals surface area contributed by atoms with Crippen LogP contribution in [0.2, 0.25) is 0 Å². The second-order valence-electron chi connectivity index (χ2n) is 2.08. The number of rotatable bonds is 1. The number of hydrogen-bond donors (Lipinski definition) is 3. The van der Waals surface area contributed by atoms with E-state index in [0.29, 0.717) is 5.69 Å². The molecule has 0 saturated heterocycles. The molecule has 0 aliphatic rings. The molecule has 0 bridgehead atoms. The molecule has 62 valence electrons. The van der Waals surface area contributed by atoms with Crippen LogP contribution in [0.4, 0.5) is 5.69 Å². The number of aromatic carboxylic acids is 1. The zero-order chi connectivity index (χ0) is 8.43. The van der Waals surface area contributed by atoms with Crippen molar-refractivity contribution in [2.24, 2.45) is 0 Å². The fourth-order valence-corrected chi connectivity index (χ4v) is 0.725. The first-order valence-corrected chi connectivity index (χ1v) is 2.93. The topological polar surface area (TPSA) is 83.5 Å². The molecule has 0 aliphatic carbocycles. The molecule has 0 heterocycles. The summed E-state index contributed by atoms with van der Waals surface area (Å²) in [6.45, 7) is 0. The van der Waals surface area contributed by atoms with Gasteiger partial charge in [-0.1, -0.05) is 0 Å². The molecule has 0 amide bonds. The summed E-state index contributed by atoms with van der Waals surface area (Å²) < 4.78 is 0. The predicted molar refractivity (Wildman–Crippen MR) is 47.5 cm³/mol. The van der Waals surface area contributed by atoms with Crippen LogP contribution in [0.5, 0.6) is 5.75 Å². The van der Waals surface area contributed by atoms with E-state index in [1.54, 1.807) is 0 Å². The minimum Gasteiger partial charge on any atom is -1.00 e. The molecular formula is C7H9MgNO3. The Morgan fingerprint density at radius 3 is 2.50 bits per heavy atom. The Morgan fingerprint density at radius 1 is 1.50 bits per heavy atom. The first kappa shape index (κ1) is 11.1. The van der Waals surface area contributed by atoms with E-state index in [1.807, 2.05) is 0 Å². The number of phenols is 1. The Hall–Kier alpha value is -0.944. The molecule has 1 aromatic rings. The van der Waals surface area contributed by atoms with Crippen molar-refractivity contribution in [1.82, 2.24) is 0 Å². The van der Waals surface area contributed by atoms with Crippen LogP contribution in [-0.4, -0.2) is 39.2 Å². The fourth-order valence-electron chi connectivity index (χ4n) is 0.725. The third-order valence-electron chi connectivity index (χ3n) is 1.25. The van der Waals surface area contributed by atoms with Gasteiger partial charge in [0.25, 0.3) is 0 Å². The maximum absolute atomic E-state index is 10.4. The Bertz CT molecular complexity index is 309. The van der Waals surface area contributed by atoms with Crippen molar-refractivity contribution in [3.05, 3.63) is 23.8 Å². The van der Waals surface area contributed by atoms with Gasteiger partial charge in [-0.3, -0.25) is 0 Å². The van der Waals surface area contributed by atoms with Gasteiger partial charge in [0, 0.05) is 5.69 Å². The van der Waals surface area contributed by atoms with Crippen LogP contribution >= 0.6 is 0 Å². The third kappa shape index (κ3) is 2.28. The van der Waals surface area contributed by atoms with E-state index < -0.39 is 5.97 Å². The van der Waals surface area contributed by atoms with Gasteiger partial charge in [0.05, 0.1) is 0 Å². The summed E-state index contributed by atoms with van der Waals surface area (Å²) in [5.41, 5.74) is 5.43. The van der Waals surface area contributed by atoms with Crippen LogP contribution in [0.15, 0.2) is 18.2 Å². The number of aromatic hydroxyl groups is 1. The van der Waals surface area contributed by atoms with Crippen LogP contribution in [-0.2, 0) is 0 Å². The van der Waals surface area contributed by atoms with Gasteiger partial charge in [-0.05, 0) is 18.2 Å². The average molecular weight is 179 g/mol. The Labute approximate surface area is 88.1 Å². The van der Waals surface area contributed by atoms with Gasteiger partial charge in [-0.2, -0.15) is 0 Å². The number of carboxylic acid groups (broad SMARTS) is 1. The molecule has 1 rings (SSSR count). The summed E-state index contributed by atoms with van der Waals surface area (Å²) in [6, 6.07) is 3.89. The van der Waals surface area contributed by atoms with E-state index in [2.05, 4.69) is 0 Å². The molecular weight excluding hydrogens is 170 g/mol. The number of benzene rings is 1. The second kappa shape index (κ2) is 4.17. The van der Waals surface area contributed by atoms with Crippen molar-refractivity contribution in [2.75, 3.05) is 5.73 Å². The van der Waals surface area contributed by atoms with E-state index in [4.69, 9.17) is 15.9 Å². The molecule has 0 atom stereocenters. The fraction of sp³-hybridized carbons (Fsp3) is 0. The van der Waals surface area contributed by atoms with Gasteiger partial charge in [-0.15, -0.1) is 0 Å². The van der Waals surface area contributed by atoms with Crippen LogP contribution in [0, 0.1) is 0 Å². The van der Waals surface area contributed by atoms with E-state index >= 15 is 0 Å². The van der Waals surface area contributed by atoms with Crippen molar-refractivity contribution < 1.29 is 17.9 Å². The third-order valence-corrected chi connectivity index (χ3v) is 1.25. The molecule has 12 heavy (non-hydrogen) atoms. The van der Waals surface area contributed by atoms with E-state index in [-0.39, 0.29) is 37.2 Å². The van der Waals surface area contributed by atoms with Crippen LogP contribution in [0.3, 0.4) is 0 Å². The van der Waals surface area contributed by atoms with Gasteiger partial charge in [-0.25, -0.2) is 4.79 Å².